The second kappa shape index (κ2) is 5.41. The fourth-order valence-corrected chi connectivity index (χ4v) is 5.31. The van der Waals surface area contributed by atoms with Crippen LogP contribution >= 0.6 is 0 Å². The summed E-state index contributed by atoms with van der Waals surface area (Å²) in [5.41, 5.74) is 0.644. The van der Waals surface area contributed by atoms with Gasteiger partial charge in [-0.25, -0.2) is 0 Å². The molecule has 0 heterocycles. The Morgan fingerprint density at radius 2 is 1.63 bits per heavy atom. The molecule has 19 heavy (non-hydrogen) atoms. The van der Waals surface area contributed by atoms with E-state index in [1.54, 1.807) is 0 Å². The van der Waals surface area contributed by atoms with Crippen molar-refractivity contribution in [3.05, 3.63) is 0 Å². The van der Waals surface area contributed by atoms with Gasteiger partial charge in [0.2, 0.25) is 0 Å². The minimum absolute atomic E-state index is 0.644. The third-order valence-electron chi connectivity index (χ3n) is 7.18. The second-order valence-corrected chi connectivity index (χ2v) is 8.65. The summed E-state index contributed by atoms with van der Waals surface area (Å²) in [6, 6.07) is 0. The molecule has 6 atom stereocenters. The van der Waals surface area contributed by atoms with Crippen LogP contribution in [0.1, 0.15) is 74.1 Å². The molecule has 112 valence electrons. The maximum atomic E-state index is 2.57. The maximum Gasteiger partial charge on any atom is -0.0292 e. The molecule has 0 spiro atoms. The lowest BCUT2D eigenvalue weighted by Crippen LogP contribution is -2.56. The first-order valence-corrected chi connectivity index (χ1v) is 8.81. The molecule has 2 aliphatic rings. The summed E-state index contributed by atoms with van der Waals surface area (Å²) in [7, 11) is 0. The molecule has 2 saturated carbocycles. The molecule has 0 amide bonds. The van der Waals surface area contributed by atoms with Crippen molar-refractivity contribution in [3.63, 3.8) is 0 Å². The largest absolute Gasteiger partial charge is 0.0649 e. The Labute approximate surface area is 121 Å². The Morgan fingerprint density at radius 1 is 1.00 bits per heavy atom. The SMILES string of the molecule is CCC1(C)CC(C2CCC2C(C)C)C1C(C)C(C)C. The van der Waals surface area contributed by atoms with E-state index in [4.69, 9.17) is 0 Å². The van der Waals surface area contributed by atoms with Crippen molar-refractivity contribution in [2.75, 3.05) is 0 Å². The first kappa shape index (κ1) is 15.4. The molecule has 0 heteroatoms. The van der Waals surface area contributed by atoms with Crippen molar-refractivity contribution in [1.82, 2.24) is 0 Å². The molecule has 2 aliphatic carbocycles. The Bertz CT molecular complexity index is 303. The molecule has 0 aromatic heterocycles. The Balaban J connectivity index is 2.10. The van der Waals surface area contributed by atoms with Gasteiger partial charge in [0.05, 0.1) is 0 Å². The van der Waals surface area contributed by atoms with Gasteiger partial charge in [0, 0.05) is 0 Å². The van der Waals surface area contributed by atoms with Crippen LogP contribution in [0, 0.1) is 46.8 Å². The van der Waals surface area contributed by atoms with Gasteiger partial charge in [-0.15, -0.1) is 0 Å². The van der Waals surface area contributed by atoms with Gasteiger partial charge in [-0.3, -0.25) is 0 Å². The topological polar surface area (TPSA) is 0 Å². The van der Waals surface area contributed by atoms with Crippen LogP contribution in [0.4, 0.5) is 0 Å². The molecular weight excluding hydrogens is 228 g/mol. The highest BCUT2D eigenvalue weighted by Crippen LogP contribution is 2.64. The van der Waals surface area contributed by atoms with Crippen LogP contribution in [0.2, 0.25) is 0 Å². The van der Waals surface area contributed by atoms with Gasteiger partial charge >= 0.3 is 0 Å². The van der Waals surface area contributed by atoms with Crippen LogP contribution < -0.4 is 0 Å². The lowest BCUT2D eigenvalue weighted by Gasteiger charge is -2.63. The Hall–Kier alpha value is 0. The minimum atomic E-state index is 0.644. The molecule has 0 bridgehead atoms. The van der Waals surface area contributed by atoms with E-state index in [0.29, 0.717) is 5.41 Å². The van der Waals surface area contributed by atoms with Crippen LogP contribution in [-0.4, -0.2) is 0 Å². The van der Waals surface area contributed by atoms with Crippen molar-refractivity contribution in [3.8, 4) is 0 Å². The van der Waals surface area contributed by atoms with E-state index in [1.165, 1.54) is 25.7 Å². The van der Waals surface area contributed by atoms with Crippen molar-refractivity contribution >= 4 is 0 Å². The van der Waals surface area contributed by atoms with E-state index in [9.17, 15) is 0 Å². The normalized spacial score (nSPS) is 44.1. The zero-order valence-electron chi connectivity index (χ0n) is 14.4. The quantitative estimate of drug-likeness (QED) is 0.570. The van der Waals surface area contributed by atoms with E-state index in [0.717, 1.165) is 41.4 Å². The van der Waals surface area contributed by atoms with Gasteiger partial charge in [0.25, 0.3) is 0 Å². The fourth-order valence-electron chi connectivity index (χ4n) is 5.31. The van der Waals surface area contributed by atoms with E-state index in [1.807, 2.05) is 0 Å². The van der Waals surface area contributed by atoms with Crippen molar-refractivity contribution in [2.45, 2.75) is 74.1 Å². The van der Waals surface area contributed by atoms with Gasteiger partial charge in [-0.1, -0.05) is 54.9 Å². The van der Waals surface area contributed by atoms with Crippen LogP contribution in [0.5, 0.6) is 0 Å². The van der Waals surface area contributed by atoms with Gasteiger partial charge in [-0.2, -0.15) is 0 Å². The highest BCUT2D eigenvalue weighted by Gasteiger charge is 2.56. The van der Waals surface area contributed by atoms with Crippen LogP contribution in [0.3, 0.4) is 0 Å². The summed E-state index contributed by atoms with van der Waals surface area (Å²) in [6.45, 7) is 17.2. The second-order valence-electron chi connectivity index (χ2n) is 8.65. The predicted molar refractivity (Wildman–Crippen MR) is 85.0 cm³/mol. The summed E-state index contributed by atoms with van der Waals surface area (Å²) in [6.07, 6.45) is 5.92. The summed E-state index contributed by atoms with van der Waals surface area (Å²) in [4.78, 5) is 0. The van der Waals surface area contributed by atoms with E-state index in [-0.39, 0.29) is 0 Å². The molecule has 2 rings (SSSR count). The summed E-state index contributed by atoms with van der Waals surface area (Å²) < 4.78 is 0. The van der Waals surface area contributed by atoms with E-state index >= 15 is 0 Å². The lowest BCUT2D eigenvalue weighted by molar-refractivity contribution is -0.140. The Morgan fingerprint density at radius 3 is 2.00 bits per heavy atom. The van der Waals surface area contributed by atoms with Crippen molar-refractivity contribution in [1.29, 1.82) is 0 Å². The maximum absolute atomic E-state index is 2.57. The first-order chi connectivity index (χ1) is 8.81. The molecule has 0 N–H and O–H groups in total. The van der Waals surface area contributed by atoms with Gasteiger partial charge in [0.1, 0.15) is 0 Å². The van der Waals surface area contributed by atoms with Gasteiger partial charge in [0.15, 0.2) is 0 Å². The van der Waals surface area contributed by atoms with Gasteiger partial charge in [-0.05, 0) is 66.1 Å². The average molecular weight is 264 g/mol. The average Bonchev–Trinajstić information content (AvgIpc) is 2.25. The molecular formula is C19H36. The molecule has 0 aromatic rings. The van der Waals surface area contributed by atoms with E-state index < -0.39 is 0 Å². The summed E-state index contributed by atoms with van der Waals surface area (Å²) in [5.74, 6) is 6.78. The van der Waals surface area contributed by atoms with Crippen LogP contribution in [0.15, 0.2) is 0 Å². The lowest BCUT2D eigenvalue weighted by atomic mass is 9.42. The number of hydrogen-bond donors (Lipinski definition) is 0. The smallest absolute Gasteiger partial charge is 0.0292 e. The Kier molecular flexibility index (Phi) is 4.38. The highest BCUT2D eigenvalue weighted by atomic mass is 14.6. The molecule has 0 nitrogen and oxygen atoms in total. The molecule has 0 aromatic carbocycles. The first-order valence-electron chi connectivity index (χ1n) is 8.81. The molecule has 0 aliphatic heterocycles. The van der Waals surface area contributed by atoms with Gasteiger partial charge < -0.3 is 0 Å². The monoisotopic (exact) mass is 264 g/mol. The predicted octanol–water partition coefficient (Wildman–Crippen LogP) is 6.01. The molecule has 0 saturated heterocycles. The zero-order chi connectivity index (χ0) is 14.4. The number of hydrogen-bond acceptors (Lipinski definition) is 0. The third-order valence-corrected chi connectivity index (χ3v) is 7.18. The van der Waals surface area contributed by atoms with Crippen LogP contribution in [0.25, 0.3) is 0 Å². The van der Waals surface area contributed by atoms with Crippen molar-refractivity contribution < 1.29 is 0 Å². The standard InChI is InChI=1S/C19H36/c1-8-19(7)11-17(18(19)14(6)12(2)3)16-10-9-15(16)13(4)5/h12-18H,8-11H2,1-7H3. The fraction of sp³-hybridized carbons (Fsp3) is 1.00. The summed E-state index contributed by atoms with van der Waals surface area (Å²) in [5, 5.41) is 0. The van der Waals surface area contributed by atoms with Crippen molar-refractivity contribution in [2.24, 2.45) is 46.8 Å². The molecule has 0 radical (unpaired) electrons. The minimum Gasteiger partial charge on any atom is -0.0649 e. The molecule has 6 unspecified atom stereocenters. The zero-order valence-corrected chi connectivity index (χ0v) is 14.4. The summed E-state index contributed by atoms with van der Waals surface area (Å²) >= 11 is 0. The van der Waals surface area contributed by atoms with Crippen LogP contribution in [-0.2, 0) is 0 Å². The van der Waals surface area contributed by atoms with E-state index in [2.05, 4.69) is 48.5 Å². The molecule has 2 fully saturated rings. The third kappa shape index (κ3) is 2.49. The highest BCUT2D eigenvalue weighted by molar-refractivity contribution is 5.05. The number of rotatable bonds is 5.